The molecule has 0 heterocycles. The van der Waals surface area contributed by atoms with E-state index in [4.69, 9.17) is 11.6 Å². The average Bonchev–Trinajstić information content (AvgIpc) is 2.94. The molecule has 1 saturated carbocycles. The van der Waals surface area contributed by atoms with E-state index in [1.807, 2.05) is 0 Å². The van der Waals surface area contributed by atoms with E-state index in [1.54, 1.807) is 0 Å². The fourth-order valence-corrected chi connectivity index (χ4v) is 2.57. The molecule has 15 heavy (non-hydrogen) atoms. The summed E-state index contributed by atoms with van der Waals surface area (Å²) in [5.41, 5.74) is 2.68. The lowest BCUT2D eigenvalue weighted by Crippen LogP contribution is -1.95. The molecule has 0 amide bonds. The lowest BCUT2D eigenvalue weighted by atomic mass is 9.99. The summed E-state index contributed by atoms with van der Waals surface area (Å²) in [6, 6.07) is 8.81. The molecular weight excluding hydrogens is 204 g/mol. The molecule has 3 atom stereocenters. The largest absolute Gasteiger partial charge is 0.118 e. The molecule has 0 spiro atoms. The maximum Gasteiger partial charge on any atom is 0.0616 e. The molecule has 0 saturated heterocycles. The molecule has 1 aromatic rings. The Hall–Kier alpha value is -0.490. The van der Waals surface area contributed by atoms with Crippen LogP contribution in [0.15, 0.2) is 24.3 Å². The van der Waals surface area contributed by atoms with Crippen LogP contribution in [0.25, 0.3) is 0 Å². The number of alkyl halides is 1. The summed E-state index contributed by atoms with van der Waals surface area (Å²) < 4.78 is 0. The lowest BCUT2D eigenvalue weighted by Gasteiger charge is -2.11. The van der Waals surface area contributed by atoms with Gasteiger partial charge in [-0.1, -0.05) is 45.0 Å². The Bertz CT molecular complexity index is 326. The molecule has 3 unspecified atom stereocenters. The zero-order valence-electron chi connectivity index (χ0n) is 9.70. The van der Waals surface area contributed by atoms with Crippen LogP contribution in [0.1, 0.15) is 49.6 Å². The van der Waals surface area contributed by atoms with E-state index in [0.29, 0.717) is 11.8 Å². The van der Waals surface area contributed by atoms with Gasteiger partial charge in [-0.3, -0.25) is 0 Å². The van der Waals surface area contributed by atoms with E-state index in [-0.39, 0.29) is 5.38 Å². The van der Waals surface area contributed by atoms with Gasteiger partial charge in [-0.2, -0.15) is 0 Å². The molecule has 0 nitrogen and oxygen atoms in total. The number of halogens is 1. The molecule has 0 bridgehead atoms. The second kappa shape index (κ2) is 4.17. The first-order chi connectivity index (χ1) is 7.09. The smallest absolute Gasteiger partial charge is 0.0616 e. The van der Waals surface area contributed by atoms with E-state index in [1.165, 1.54) is 17.5 Å². The second-order valence-electron chi connectivity index (χ2n) is 5.10. The summed E-state index contributed by atoms with van der Waals surface area (Å²) >= 11 is 6.43. The minimum atomic E-state index is 0.223. The maximum absolute atomic E-state index is 6.43. The summed E-state index contributed by atoms with van der Waals surface area (Å²) in [6.45, 7) is 6.72. The van der Waals surface area contributed by atoms with Crippen molar-refractivity contribution in [3.63, 3.8) is 0 Å². The molecule has 0 aromatic heterocycles. The summed E-state index contributed by atoms with van der Waals surface area (Å²) in [5, 5.41) is 0.223. The van der Waals surface area contributed by atoms with Crippen molar-refractivity contribution in [2.75, 3.05) is 0 Å². The third kappa shape index (κ3) is 2.36. The van der Waals surface area contributed by atoms with Crippen molar-refractivity contribution in [3.8, 4) is 0 Å². The van der Waals surface area contributed by atoms with Crippen LogP contribution < -0.4 is 0 Å². The fraction of sp³-hybridized carbons (Fsp3) is 0.571. The lowest BCUT2D eigenvalue weighted by molar-refractivity contribution is 0.721. The summed E-state index contributed by atoms with van der Waals surface area (Å²) in [5.74, 6) is 2.13. The van der Waals surface area contributed by atoms with E-state index < -0.39 is 0 Å². The normalized spacial score (nSPS) is 26.7. The third-order valence-electron chi connectivity index (χ3n) is 3.47. The van der Waals surface area contributed by atoms with Crippen molar-refractivity contribution in [3.05, 3.63) is 35.4 Å². The highest BCUT2D eigenvalue weighted by Gasteiger charge is 2.39. The van der Waals surface area contributed by atoms with Crippen molar-refractivity contribution in [1.29, 1.82) is 0 Å². The van der Waals surface area contributed by atoms with Crippen LogP contribution in [0.2, 0.25) is 0 Å². The van der Waals surface area contributed by atoms with Crippen molar-refractivity contribution < 1.29 is 0 Å². The first kappa shape index (κ1) is 11.0. The van der Waals surface area contributed by atoms with Gasteiger partial charge in [-0.15, -0.1) is 11.6 Å². The van der Waals surface area contributed by atoms with Gasteiger partial charge in [0, 0.05) is 0 Å². The van der Waals surface area contributed by atoms with Gasteiger partial charge in [-0.05, 0) is 35.3 Å². The molecule has 0 radical (unpaired) electrons. The number of rotatable bonds is 3. The average molecular weight is 223 g/mol. The third-order valence-corrected chi connectivity index (χ3v) is 4.04. The topological polar surface area (TPSA) is 0 Å². The number of hydrogen-bond acceptors (Lipinski definition) is 0. The Kier molecular flexibility index (Phi) is 3.06. The predicted molar refractivity (Wildman–Crippen MR) is 66.4 cm³/mol. The molecule has 1 fully saturated rings. The van der Waals surface area contributed by atoms with Crippen LogP contribution in [0, 0.1) is 11.8 Å². The Labute approximate surface area is 97.6 Å². The molecule has 1 aliphatic carbocycles. The van der Waals surface area contributed by atoms with E-state index in [9.17, 15) is 0 Å². The van der Waals surface area contributed by atoms with Gasteiger partial charge in [0.1, 0.15) is 0 Å². The maximum atomic E-state index is 6.43. The molecule has 1 aromatic carbocycles. The molecular formula is C14H19Cl. The molecule has 0 N–H and O–H groups in total. The van der Waals surface area contributed by atoms with Crippen LogP contribution >= 0.6 is 11.6 Å². The zero-order valence-corrected chi connectivity index (χ0v) is 10.5. The first-order valence-electron chi connectivity index (χ1n) is 5.83. The minimum Gasteiger partial charge on any atom is -0.118 e. The Morgan fingerprint density at radius 2 is 1.60 bits per heavy atom. The quantitative estimate of drug-likeness (QED) is 0.648. The summed E-state index contributed by atoms with van der Waals surface area (Å²) in [4.78, 5) is 0. The van der Waals surface area contributed by atoms with Crippen LogP contribution in [-0.2, 0) is 0 Å². The van der Waals surface area contributed by atoms with Gasteiger partial charge in [0.15, 0.2) is 0 Å². The summed E-state index contributed by atoms with van der Waals surface area (Å²) in [6.07, 6.45) is 1.29. The van der Waals surface area contributed by atoms with Crippen LogP contribution in [0.5, 0.6) is 0 Å². The predicted octanol–water partition coefficient (Wildman–Crippen LogP) is 4.75. The molecule has 1 heteroatoms. The van der Waals surface area contributed by atoms with Gasteiger partial charge in [-0.25, -0.2) is 0 Å². The fourth-order valence-electron chi connectivity index (χ4n) is 2.07. The molecule has 2 rings (SSSR count). The zero-order chi connectivity index (χ0) is 11.0. The van der Waals surface area contributed by atoms with Gasteiger partial charge in [0.25, 0.3) is 0 Å². The minimum absolute atomic E-state index is 0.223. The second-order valence-corrected chi connectivity index (χ2v) is 5.57. The highest BCUT2D eigenvalue weighted by Crippen LogP contribution is 2.50. The van der Waals surface area contributed by atoms with Crippen LogP contribution in [0.3, 0.4) is 0 Å². The van der Waals surface area contributed by atoms with Crippen molar-refractivity contribution in [2.24, 2.45) is 11.8 Å². The van der Waals surface area contributed by atoms with E-state index in [0.717, 1.165) is 5.92 Å². The highest BCUT2D eigenvalue weighted by molar-refractivity contribution is 6.21. The SMILES string of the molecule is CC(C)c1ccc(C(Cl)C2CC2C)cc1. The van der Waals surface area contributed by atoms with Crippen molar-refractivity contribution in [1.82, 2.24) is 0 Å². The van der Waals surface area contributed by atoms with Crippen LogP contribution in [-0.4, -0.2) is 0 Å². The Balaban J connectivity index is 2.09. The van der Waals surface area contributed by atoms with Crippen molar-refractivity contribution >= 4 is 11.6 Å². The van der Waals surface area contributed by atoms with Crippen molar-refractivity contribution in [2.45, 2.75) is 38.5 Å². The first-order valence-corrected chi connectivity index (χ1v) is 6.27. The molecule has 1 aliphatic rings. The number of benzene rings is 1. The number of hydrogen-bond donors (Lipinski definition) is 0. The van der Waals surface area contributed by atoms with Gasteiger partial charge >= 0.3 is 0 Å². The monoisotopic (exact) mass is 222 g/mol. The Morgan fingerprint density at radius 3 is 2.00 bits per heavy atom. The molecule has 0 aliphatic heterocycles. The van der Waals surface area contributed by atoms with E-state index >= 15 is 0 Å². The standard InChI is InChI=1S/C14H19Cl/c1-9(2)11-4-6-12(7-5-11)14(15)13-8-10(13)3/h4-7,9-10,13-14H,8H2,1-3H3. The van der Waals surface area contributed by atoms with Gasteiger partial charge < -0.3 is 0 Å². The van der Waals surface area contributed by atoms with Gasteiger partial charge in [0.05, 0.1) is 5.38 Å². The Morgan fingerprint density at radius 1 is 1.13 bits per heavy atom. The van der Waals surface area contributed by atoms with Gasteiger partial charge in [0.2, 0.25) is 0 Å². The van der Waals surface area contributed by atoms with Crippen LogP contribution in [0.4, 0.5) is 0 Å². The summed E-state index contributed by atoms with van der Waals surface area (Å²) in [7, 11) is 0. The van der Waals surface area contributed by atoms with E-state index in [2.05, 4.69) is 45.0 Å². The highest BCUT2D eigenvalue weighted by atomic mass is 35.5. The molecule has 82 valence electrons.